The van der Waals surface area contributed by atoms with Gasteiger partial charge in [-0.1, -0.05) is 42.2 Å². The Morgan fingerprint density at radius 3 is 2.52 bits per heavy atom. The lowest BCUT2D eigenvalue weighted by atomic mass is 10.2. The molecule has 23 heavy (non-hydrogen) atoms. The van der Waals surface area contributed by atoms with Crippen LogP contribution in [0.5, 0.6) is 5.75 Å². The number of alkyl halides is 2. The van der Waals surface area contributed by atoms with Gasteiger partial charge in [-0.25, -0.2) is 0 Å². The summed E-state index contributed by atoms with van der Waals surface area (Å²) in [5.74, 6) is 0.875. The van der Waals surface area contributed by atoms with Crippen molar-refractivity contribution >= 4 is 63.5 Å². The second-order valence-electron chi connectivity index (χ2n) is 4.81. The third-order valence-electron chi connectivity index (χ3n) is 3.24. The average molecular weight is 391 g/mol. The van der Waals surface area contributed by atoms with Crippen molar-refractivity contribution < 1.29 is 9.90 Å². The minimum Gasteiger partial charge on any atom is -0.507 e. The van der Waals surface area contributed by atoms with Gasteiger partial charge in [0.2, 0.25) is 0 Å². The van der Waals surface area contributed by atoms with Gasteiger partial charge >= 0.3 is 0 Å². The highest BCUT2D eigenvalue weighted by Crippen LogP contribution is 2.34. The van der Waals surface area contributed by atoms with Crippen LogP contribution in [0.4, 0.5) is 0 Å². The van der Waals surface area contributed by atoms with Gasteiger partial charge in [-0.3, -0.25) is 14.6 Å². The number of carbonyl (C=O) groups excluding carboxylic acids is 1. The summed E-state index contributed by atoms with van der Waals surface area (Å²) in [6.45, 7) is 1.62. The molecule has 0 unspecified atom stereocenters. The minimum atomic E-state index is -0.169. The van der Waals surface area contributed by atoms with Crippen molar-refractivity contribution in [3.63, 3.8) is 0 Å². The highest BCUT2D eigenvalue weighted by molar-refractivity contribution is 8.26. The topological polar surface area (TPSA) is 43.8 Å². The maximum atomic E-state index is 12.6. The number of hydrogen-bond acceptors (Lipinski definition) is 5. The molecule has 8 heteroatoms. The van der Waals surface area contributed by atoms with E-state index in [4.69, 9.17) is 35.4 Å². The number of para-hydroxylation sites is 1. The molecule has 1 aromatic rings. The second kappa shape index (κ2) is 8.89. The van der Waals surface area contributed by atoms with Gasteiger partial charge in [0.1, 0.15) is 10.1 Å². The van der Waals surface area contributed by atoms with E-state index in [2.05, 4.69) is 0 Å². The average Bonchev–Trinajstić information content (AvgIpc) is 2.78. The van der Waals surface area contributed by atoms with E-state index in [9.17, 15) is 9.90 Å². The lowest BCUT2D eigenvalue weighted by Crippen LogP contribution is -2.42. The lowest BCUT2D eigenvalue weighted by molar-refractivity contribution is -0.123. The highest BCUT2D eigenvalue weighted by Gasteiger charge is 2.33. The zero-order valence-corrected chi connectivity index (χ0v) is 15.4. The van der Waals surface area contributed by atoms with Gasteiger partial charge in [-0.15, -0.1) is 23.2 Å². The third kappa shape index (κ3) is 4.84. The minimum absolute atomic E-state index is 0.128. The molecule has 1 saturated heterocycles. The van der Waals surface area contributed by atoms with Gasteiger partial charge < -0.3 is 5.11 Å². The van der Waals surface area contributed by atoms with E-state index in [0.29, 0.717) is 46.3 Å². The van der Waals surface area contributed by atoms with Crippen LogP contribution in [-0.4, -0.2) is 56.7 Å². The SMILES string of the molecule is O=C1C(=Cc2ccccc2O)SC(=S)N1CN(CCCl)CCCl. The van der Waals surface area contributed by atoms with E-state index in [0.717, 1.165) is 0 Å². The van der Waals surface area contributed by atoms with Gasteiger partial charge in [0.05, 0.1) is 11.6 Å². The molecule has 0 saturated carbocycles. The van der Waals surface area contributed by atoms with E-state index in [1.165, 1.54) is 16.7 Å². The molecule has 1 N–H and O–H groups in total. The maximum absolute atomic E-state index is 12.6. The van der Waals surface area contributed by atoms with Crippen LogP contribution in [0.2, 0.25) is 0 Å². The van der Waals surface area contributed by atoms with Crippen molar-refractivity contribution in [1.82, 2.24) is 9.80 Å². The second-order valence-corrected chi connectivity index (χ2v) is 7.24. The van der Waals surface area contributed by atoms with Crippen molar-refractivity contribution in [2.24, 2.45) is 0 Å². The molecule has 1 aliphatic heterocycles. The first-order chi connectivity index (χ1) is 11.1. The van der Waals surface area contributed by atoms with E-state index in [-0.39, 0.29) is 11.7 Å². The summed E-state index contributed by atoms with van der Waals surface area (Å²) in [7, 11) is 0. The van der Waals surface area contributed by atoms with Crippen molar-refractivity contribution in [2.45, 2.75) is 0 Å². The number of thiocarbonyl (C=S) groups is 1. The fraction of sp³-hybridized carbons (Fsp3) is 0.333. The number of aromatic hydroxyl groups is 1. The Bertz CT molecular complexity index is 619. The van der Waals surface area contributed by atoms with Crippen LogP contribution < -0.4 is 0 Å². The Morgan fingerprint density at radius 1 is 1.26 bits per heavy atom. The largest absolute Gasteiger partial charge is 0.507 e. The summed E-state index contributed by atoms with van der Waals surface area (Å²) in [5.41, 5.74) is 0.589. The predicted octanol–water partition coefficient (Wildman–Crippen LogP) is 3.33. The number of halogens is 2. The number of carbonyl (C=O) groups is 1. The zero-order chi connectivity index (χ0) is 16.8. The zero-order valence-electron chi connectivity index (χ0n) is 12.2. The molecule has 0 aromatic heterocycles. The molecule has 4 nitrogen and oxygen atoms in total. The number of benzene rings is 1. The third-order valence-corrected chi connectivity index (χ3v) is 4.96. The van der Waals surface area contributed by atoms with Gasteiger partial charge in [0, 0.05) is 30.4 Å². The van der Waals surface area contributed by atoms with E-state index < -0.39 is 0 Å². The van der Waals surface area contributed by atoms with Gasteiger partial charge in [-0.05, 0) is 12.1 Å². The number of hydrogen-bond donors (Lipinski definition) is 1. The fourth-order valence-electron chi connectivity index (χ4n) is 2.06. The molecule has 1 amide bonds. The number of phenols is 1. The van der Waals surface area contributed by atoms with Crippen molar-refractivity contribution in [2.75, 3.05) is 31.5 Å². The van der Waals surface area contributed by atoms with E-state index >= 15 is 0 Å². The van der Waals surface area contributed by atoms with Crippen molar-refractivity contribution in [3.8, 4) is 5.75 Å². The Kier molecular flexibility index (Phi) is 7.17. The molecule has 1 aromatic carbocycles. The Morgan fingerprint density at radius 2 is 1.91 bits per heavy atom. The summed E-state index contributed by atoms with van der Waals surface area (Å²) in [4.78, 5) is 16.6. The van der Waals surface area contributed by atoms with Crippen LogP contribution in [0, 0.1) is 0 Å². The van der Waals surface area contributed by atoms with E-state index in [1.54, 1.807) is 30.3 Å². The Balaban J connectivity index is 2.15. The highest BCUT2D eigenvalue weighted by atomic mass is 35.5. The Hall–Kier alpha value is -0.790. The molecule has 1 fully saturated rings. The number of rotatable bonds is 7. The van der Waals surface area contributed by atoms with Gasteiger partial charge in [-0.2, -0.15) is 0 Å². The number of amides is 1. The molecule has 0 spiro atoms. The molecule has 2 rings (SSSR count). The van der Waals surface area contributed by atoms with Crippen LogP contribution >= 0.6 is 47.2 Å². The Labute approximate surface area is 155 Å². The molecule has 0 aliphatic carbocycles. The van der Waals surface area contributed by atoms with Crippen molar-refractivity contribution in [1.29, 1.82) is 0 Å². The fourth-order valence-corrected chi connectivity index (χ4v) is 3.78. The normalized spacial score (nSPS) is 16.8. The van der Waals surface area contributed by atoms with Crippen LogP contribution in [0.3, 0.4) is 0 Å². The molecule has 0 bridgehead atoms. The first-order valence-electron chi connectivity index (χ1n) is 6.94. The van der Waals surface area contributed by atoms with Crippen molar-refractivity contribution in [3.05, 3.63) is 34.7 Å². The predicted molar refractivity (Wildman–Crippen MR) is 101 cm³/mol. The lowest BCUT2D eigenvalue weighted by Gasteiger charge is -2.25. The standard InChI is InChI=1S/C15H16Cl2N2O2S2/c16-5-7-18(8-6-17)10-19-14(21)13(23-15(19)22)9-11-3-1-2-4-12(11)20/h1-4,9,20H,5-8,10H2. The number of phenolic OH excluding ortho intramolecular Hbond substituents is 1. The summed E-state index contributed by atoms with van der Waals surface area (Å²) < 4.78 is 0.491. The van der Waals surface area contributed by atoms with Crippen LogP contribution in [0.25, 0.3) is 6.08 Å². The van der Waals surface area contributed by atoms with Crippen LogP contribution in [0.1, 0.15) is 5.56 Å². The quantitative estimate of drug-likeness (QED) is 0.439. The van der Waals surface area contributed by atoms with Crippen LogP contribution in [-0.2, 0) is 4.79 Å². The van der Waals surface area contributed by atoms with Crippen LogP contribution in [0.15, 0.2) is 29.2 Å². The monoisotopic (exact) mass is 390 g/mol. The summed E-state index contributed by atoms with van der Waals surface area (Å²) >= 11 is 18.1. The van der Waals surface area contributed by atoms with E-state index in [1.807, 2.05) is 4.90 Å². The maximum Gasteiger partial charge on any atom is 0.267 e. The molecule has 124 valence electrons. The first kappa shape index (κ1) is 18.5. The summed E-state index contributed by atoms with van der Waals surface area (Å²) in [6, 6.07) is 6.85. The first-order valence-corrected chi connectivity index (χ1v) is 9.24. The number of thioether (sulfide) groups is 1. The molecule has 0 atom stereocenters. The molecular weight excluding hydrogens is 375 g/mol. The molecule has 1 aliphatic rings. The smallest absolute Gasteiger partial charge is 0.267 e. The summed E-state index contributed by atoms with van der Waals surface area (Å²) in [5, 5.41) is 9.83. The molecule has 1 heterocycles. The molecule has 0 radical (unpaired) electrons. The molecular formula is C15H16Cl2N2O2S2. The van der Waals surface area contributed by atoms with Gasteiger partial charge in [0.15, 0.2) is 0 Å². The van der Waals surface area contributed by atoms with Gasteiger partial charge in [0.25, 0.3) is 5.91 Å². The summed E-state index contributed by atoms with van der Waals surface area (Å²) in [6.07, 6.45) is 1.65. The number of nitrogens with zero attached hydrogens (tertiary/aromatic N) is 2.